The summed E-state index contributed by atoms with van der Waals surface area (Å²) < 4.78 is 0. The van der Waals surface area contributed by atoms with E-state index in [0.717, 1.165) is 12.0 Å². The minimum Gasteiger partial charge on any atom is -0.508 e. The molecule has 0 aliphatic heterocycles. The fourth-order valence-corrected chi connectivity index (χ4v) is 1.82. The van der Waals surface area contributed by atoms with Crippen LogP contribution in [0.2, 0.25) is 0 Å². The maximum Gasteiger partial charge on any atom is 0.239 e. The third kappa shape index (κ3) is 5.01. The number of benzene rings is 1. The van der Waals surface area contributed by atoms with Gasteiger partial charge in [-0.1, -0.05) is 19.1 Å². The Morgan fingerprint density at radius 1 is 1.30 bits per heavy atom. The molecule has 0 saturated carbocycles. The Balaban J connectivity index is 2.50. The maximum atomic E-state index is 11.8. The van der Waals surface area contributed by atoms with Crippen molar-refractivity contribution in [1.29, 1.82) is 0 Å². The van der Waals surface area contributed by atoms with Crippen molar-refractivity contribution in [3.8, 4) is 5.75 Å². The highest BCUT2D eigenvalue weighted by atomic mass is 16.3. The lowest BCUT2D eigenvalue weighted by atomic mass is 10.0. The normalized spacial score (nSPS) is 13.6. The standard InChI is InChI=1S/C15H21N2O3/c1-3-4-14(19)10(2)17-15(20)13(16)9-11-5-7-12(18)8-6-11/h5-8,10,13,16,18H,3-4,9H2,1-2H3,(H,17,20)/t10?,13-/m0/s1. The second kappa shape index (κ2) is 7.65. The Hall–Kier alpha value is -1.88. The molecule has 2 atom stereocenters. The Bertz CT molecular complexity index is 457. The highest BCUT2D eigenvalue weighted by Gasteiger charge is 2.20. The Labute approximate surface area is 119 Å². The number of rotatable bonds is 7. The predicted molar refractivity (Wildman–Crippen MR) is 76.2 cm³/mol. The summed E-state index contributed by atoms with van der Waals surface area (Å²) in [5, 5.41) is 11.7. The molecule has 109 valence electrons. The molecular formula is C15H21N2O3. The number of phenolic OH excluding ortho intramolecular Hbond substituents is 1. The number of hydrogen-bond donors (Lipinski definition) is 2. The highest BCUT2D eigenvalue weighted by molar-refractivity contribution is 5.90. The number of Topliss-reactive ketones (excluding diaryl/α,β-unsaturated/α-hetero) is 1. The molecule has 0 bridgehead atoms. The summed E-state index contributed by atoms with van der Waals surface area (Å²) in [7, 11) is 0. The van der Waals surface area contributed by atoms with Crippen molar-refractivity contribution in [2.24, 2.45) is 0 Å². The summed E-state index contributed by atoms with van der Waals surface area (Å²) in [4.78, 5) is 23.4. The van der Waals surface area contributed by atoms with E-state index in [0.29, 0.717) is 6.42 Å². The fraction of sp³-hybridized carbons (Fsp3) is 0.467. The van der Waals surface area contributed by atoms with E-state index in [9.17, 15) is 9.59 Å². The van der Waals surface area contributed by atoms with Crippen LogP contribution < -0.4 is 11.1 Å². The minimum atomic E-state index is -0.962. The topological polar surface area (TPSA) is 90.2 Å². The zero-order chi connectivity index (χ0) is 15.1. The second-order valence-corrected chi connectivity index (χ2v) is 4.87. The van der Waals surface area contributed by atoms with Crippen molar-refractivity contribution in [1.82, 2.24) is 11.1 Å². The van der Waals surface area contributed by atoms with Crippen molar-refractivity contribution < 1.29 is 14.7 Å². The molecule has 0 aliphatic carbocycles. The first kappa shape index (κ1) is 16.2. The van der Waals surface area contributed by atoms with E-state index in [2.05, 4.69) is 5.32 Å². The van der Waals surface area contributed by atoms with Crippen molar-refractivity contribution in [3.05, 3.63) is 29.8 Å². The van der Waals surface area contributed by atoms with Gasteiger partial charge in [0.1, 0.15) is 11.8 Å². The molecule has 1 rings (SSSR count). The number of hydrogen-bond acceptors (Lipinski definition) is 3. The van der Waals surface area contributed by atoms with E-state index in [1.807, 2.05) is 6.92 Å². The minimum absolute atomic E-state index is 0.0160. The lowest BCUT2D eigenvalue weighted by Gasteiger charge is -2.16. The molecule has 3 N–H and O–H groups in total. The van der Waals surface area contributed by atoms with Crippen LogP contribution in [0.15, 0.2) is 24.3 Å². The van der Waals surface area contributed by atoms with Crippen molar-refractivity contribution in [3.63, 3.8) is 0 Å². The van der Waals surface area contributed by atoms with Crippen LogP contribution in [0, 0.1) is 0 Å². The lowest BCUT2D eigenvalue weighted by Crippen LogP contribution is -2.45. The molecule has 1 aromatic rings. The van der Waals surface area contributed by atoms with E-state index in [-0.39, 0.29) is 18.0 Å². The maximum absolute atomic E-state index is 11.8. The van der Waals surface area contributed by atoms with Crippen molar-refractivity contribution in [2.75, 3.05) is 0 Å². The van der Waals surface area contributed by atoms with E-state index >= 15 is 0 Å². The van der Waals surface area contributed by atoms with Gasteiger partial charge < -0.3 is 10.4 Å². The fourth-order valence-electron chi connectivity index (χ4n) is 1.82. The first-order valence-corrected chi connectivity index (χ1v) is 6.76. The van der Waals surface area contributed by atoms with Gasteiger partial charge in [-0.3, -0.25) is 9.59 Å². The van der Waals surface area contributed by atoms with Crippen LogP contribution >= 0.6 is 0 Å². The van der Waals surface area contributed by atoms with E-state index < -0.39 is 18.0 Å². The Kier molecular flexibility index (Phi) is 6.18. The van der Waals surface area contributed by atoms with Gasteiger partial charge in [-0.25, -0.2) is 5.73 Å². The zero-order valence-electron chi connectivity index (χ0n) is 11.8. The monoisotopic (exact) mass is 277 g/mol. The molecule has 0 heterocycles. The number of aromatic hydroxyl groups is 1. The van der Waals surface area contributed by atoms with Crippen LogP contribution in [0.25, 0.3) is 0 Å². The van der Waals surface area contributed by atoms with Gasteiger partial charge in [0.05, 0.1) is 6.04 Å². The summed E-state index contributed by atoms with van der Waals surface area (Å²) >= 11 is 0. The predicted octanol–water partition coefficient (Wildman–Crippen LogP) is 1.46. The van der Waals surface area contributed by atoms with E-state index in [1.165, 1.54) is 12.1 Å². The molecule has 0 fully saturated rings. The van der Waals surface area contributed by atoms with Crippen LogP contribution in [0.5, 0.6) is 5.75 Å². The van der Waals surface area contributed by atoms with Gasteiger partial charge in [0.25, 0.3) is 0 Å². The van der Waals surface area contributed by atoms with Crippen LogP contribution in [0.1, 0.15) is 32.3 Å². The molecule has 1 unspecified atom stereocenters. The molecule has 1 aromatic carbocycles. The Morgan fingerprint density at radius 2 is 1.90 bits per heavy atom. The number of nitrogens with one attached hydrogen (secondary N) is 2. The highest BCUT2D eigenvalue weighted by Crippen LogP contribution is 2.11. The number of ketones is 1. The van der Waals surface area contributed by atoms with Crippen LogP contribution in [-0.2, 0) is 16.0 Å². The number of amides is 1. The molecule has 0 aliphatic rings. The SMILES string of the molecule is CCCC(=O)C(C)NC(=O)[C@@H]([NH])Cc1ccc(O)cc1. The second-order valence-electron chi connectivity index (χ2n) is 4.87. The molecular weight excluding hydrogens is 256 g/mol. The largest absolute Gasteiger partial charge is 0.508 e. The summed E-state index contributed by atoms with van der Waals surface area (Å²) in [6.07, 6.45) is 1.43. The Morgan fingerprint density at radius 3 is 2.45 bits per heavy atom. The number of carbonyl (C=O) groups is 2. The van der Waals surface area contributed by atoms with Crippen LogP contribution in [0.3, 0.4) is 0 Å². The average Bonchev–Trinajstić information content (AvgIpc) is 2.41. The van der Waals surface area contributed by atoms with Gasteiger partial charge in [-0.15, -0.1) is 0 Å². The summed E-state index contributed by atoms with van der Waals surface area (Å²) in [6, 6.07) is 4.89. The number of phenols is 1. The van der Waals surface area contributed by atoms with Crippen molar-refractivity contribution >= 4 is 11.7 Å². The lowest BCUT2D eigenvalue weighted by molar-refractivity contribution is -0.128. The summed E-state index contributed by atoms with van der Waals surface area (Å²) in [5.74, 6) is -0.314. The van der Waals surface area contributed by atoms with Crippen LogP contribution in [-0.4, -0.2) is 28.9 Å². The quantitative estimate of drug-likeness (QED) is 0.790. The van der Waals surface area contributed by atoms with E-state index in [4.69, 9.17) is 10.8 Å². The van der Waals surface area contributed by atoms with Gasteiger partial charge in [0, 0.05) is 6.42 Å². The van der Waals surface area contributed by atoms with Gasteiger partial charge in [-0.05, 0) is 37.5 Å². The molecule has 0 spiro atoms. The first-order valence-electron chi connectivity index (χ1n) is 6.76. The van der Waals surface area contributed by atoms with Crippen molar-refractivity contribution in [2.45, 2.75) is 45.2 Å². The first-order chi connectivity index (χ1) is 9.43. The molecule has 1 amide bonds. The summed E-state index contributed by atoms with van der Waals surface area (Å²) in [6.45, 7) is 3.55. The molecule has 20 heavy (non-hydrogen) atoms. The van der Waals surface area contributed by atoms with Gasteiger partial charge >= 0.3 is 0 Å². The molecule has 5 heteroatoms. The molecule has 0 aromatic heterocycles. The smallest absolute Gasteiger partial charge is 0.239 e. The zero-order valence-corrected chi connectivity index (χ0v) is 11.8. The summed E-state index contributed by atoms with van der Waals surface area (Å²) in [5.41, 5.74) is 8.62. The van der Waals surface area contributed by atoms with E-state index in [1.54, 1.807) is 19.1 Å². The molecule has 5 nitrogen and oxygen atoms in total. The molecule has 0 saturated heterocycles. The number of carbonyl (C=O) groups excluding carboxylic acids is 2. The third-order valence-electron chi connectivity index (χ3n) is 3.03. The van der Waals surface area contributed by atoms with Gasteiger partial charge in [-0.2, -0.15) is 0 Å². The molecule has 1 radical (unpaired) electrons. The van der Waals surface area contributed by atoms with Gasteiger partial charge in [0.2, 0.25) is 5.91 Å². The third-order valence-corrected chi connectivity index (χ3v) is 3.03. The average molecular weight is 277 g/mol. The van der Waals surface area contributed by atoms with Crippen LogP contribution in [0.4, 0.5) is 0 Å². The van der Waals surface area contributed by atoms with Gasteiger partial charge in [0.15, 0.2) is 5.78 Å².